The van der Waals surface area contributed by atoms with E-state index in [0.29, 0.717) is 17.4 Å². The molecule has 0 unspecified atom stereocenters. The number of likely N-dealkylation sites (tertiary alicyclic amines) is 2. The fraction of sp³-hybridized carbons (Fsp3) is 0.778. The zero-order valence-electron chi connectivity index (χ0n) is 14.5. The third-order valence-electron chi connectivity index (χ3n) is 6.56. The Labute approximate surface area is 143 Å². The number of aromatic nitrogens is 2. The largest absolute Gasteiger partial charge is 0.465 e. The topological polar surface area (TPSA) is 61.6 Å². The van der Waals surface area contributed by atoms with Crippen molar-refractivity contribution in [3.63, 3.8) is 0 Å². The number of rotatable bonds is 3. The lowest BCUT2D eigenvalue weighted by Gasteiger charge is -2.51. The molecule has 4 rings (SSSR count). The summed E-state index contributed by atoms with van der Waals surface area (Å²) in [5, 5.41) is 13.6. The molecule has 24 heavy (non-hydrogen) atoms. The fourth-order valence-electron chi connectivity index (χ4n) is 5.14. The van der Waals surface area contributed by atoms with Gasteiger partial charge < -0.3 is 14.9 Å². The molecule has 1 amide bonds. The summed E-state index contributed by atoms with van der Waals surface area (Å²) in [7, 11) is 0. The molecule has 3 aliphatic rings. The number of piperidine rings is 1. The summed E-state index contributed by atoms with van der Waals surface area (Å²) in [6.45, 7) is 6.93. The number of amides is 1. The van der Waals surface area contributed by atoms with Crippen molar-refractivity contribution < 1.29 is 9.90 Å². The van der Waals surface area contributed by atoms with Crippen molar-refractivity contribution in [1.82, 2.24) is 19.6 Å². The molecule has 0 radical (unpaired) electrons. The quantitative estimate of drug-likeness (QED) is 0.924. The van der Waals surface area contributed by atoms with Crippen molar-refractivity contribution in [2.75, 3.05) is 26.2 Å². The Morgan fingerprint density at radius 3 is 2.71 bits per heavy atom. The maximum absolute atomic E-state index is 11.1. The molecule has 1 N–H and O–H groups in total. The summed E-state index contributed by atoms with van der Waals surface area (Å²) in [5.41, 5.74) is 1.69. The molecule has 0 bridgehead atoms. The summed E-state index contributed by atoms with van der Waals surface area (Å²) in [5.74, 6) is 0.645. The molecule has 6 nitrogen and oxygen atoms in total. The predicted molar refractivity (Wildman–Crippen MR) is 91.1 cm³/mol. The zero-order valence-corrected chi connectivity index (χ0v) is 14.5. The maximum atomic E-state index is 11.1. The van der Waals surface area contributed by atoms with Crippen molar-refractivity contribution in [3.05, 3.63) is 18.0 Å². The van der Waals surface area contributed by atoms with Crippen LogP contribution in [0.25, 0.3) is 0 Å². The predicted octanol–water partition coefficient (Wildman–Crippen LogP) is 2.61. The van der Waals surface area contributed by atoms with Crippen LogP contribution in [0.3, 0.4) is 0 Å². The molecule has 1 aliphatic carbocycles. The SMILES string of the molecule is CCn1nccc1C1CCN(C2CC3(CCN(C(=O)O)C3)C2)CC1. The minimum Gasteiger partial charge on any atom is -0.465 e. The highest BCUT2D eigenvalue weighted by molar-refractivity contribution is 5.65. The van der Waals surface area contributed by atoms with Gasteiger partial charge in [0, 0.05) is 43.5 Å². The first kappa shape index (κ1) is 15.9. The average molecular weight is 332 g/mol. The van der Waals surface area contributed by atoms with Crippen LogP contribution in [0.1, 0.15) is 50.6 Å². The highest BCUT2D eigenvalue weighted by Crippen LogP contribution is 2.50. The number of carbonyl (C=O) groups is 1. The summed E-state index contributed by atoms with van der Waals surface area (Å²) in [4.78, 5) is 15.4. The molecule has 132 valence electrons. The Hall–Kier alpha value is -1.56. The van der Waals surface area contributed by atoms with Crippen LogP contribution >= 0.6 is 0 Å². The molecular formula is C18H28N4O2. The Morgan fingerprint density at radius 2 is 2.08 bits per heavy atom. The van der Waals surface area contributed by atoms with Gasteiger partial charge in [-0.25, -0.2) is 4.79 Å². The van der Waals surface area contributed by atoms with E-state index >= 15 is 0 Å². The fourth-order valence-corrected chi connectivity index (χ4v) is 5.14. The summed E-state index contributed by atoms with van der Waals surface area (Å²) in [6, 6.07) is 2.86. The van der Waals surface area contributed by atoms with Crippen LogP contribution in [0.15, 0.2) is 12.3 Å². The van der Waals surface area contributed by atoms with Gasteiger partial charge in [-0.2, -0.15) is 5.10 Å². The van der Waals surface area contributed by atoms with E-state index in [1.807, 2.05) is 6.20 Å². The number of aryl methyl sites for hydroxylation is 1. The molecule has 1 aromatic heterocycles. The third kappa shape index (κ3) is 2.70. The summed E-state index contributed by atoms with van der Waals surface area (Å²) >= 11 is 0. The second-order valence-corrected chi connectivity index (χ2v) is 7.90. The molecular weight excluding hydrogens is 304 g/mol. The van der Waals surface area contributed by atoms with Crippen molar-refractivity contribution in [3.8, 4) is 0 Å². The van der Waals surface area contributed by atoms with E-state index in [1.165, 1.54) is 44.5 Å². The van der Waals surface area contributed by atoms with Crippen LogP contribution < -0.4 is 0 Å². The van der Waals surface area contributed by atoms with Gasteiger partial charge in [-0.1, -0.05) is 0 Å². The second kappa shape index (κ2) is 6.06. The van der Waals surface area contributed by atoms with Crippen molar-refractivity contribution in [2.45, 2.75) is 57.5 Å². The molecule has 3 heterocycles. The maximum Gasteiger partial charge on any atom is 0.407 e. The first-order valence-corrected chi connectivity index (χ1v) is 9.34. The Bertz CT molecular complexity index is 600. The third-order valence-corrected chi connectivity index (χ3v) is 6.56. The standard InChI is InChI=1S/C18H28N4O2/c1-2-22-16(3-7-19-22)14-4-8-20(9-5-14)15-11-18(12-15)6-10-21(13-18)17(23)24/h3,7,14-15H,2,4-6,8-13H2,1H3,(H,23,24). The van der Waals surface area contributed by atoms with Crippen LogP contribution in [0.5, 0.6) is 0 Å². The van der Waals surface area contributed by atoms with Crippen molar-refractivity contribution in [2.24, 2.45) is 5.41 Å². The summed E-state index contributed by atoms with van der Waals surface area (Å²) < 4.78 is 2.14. The minimum atomic E-state index is -0.747. The molecule has 2 saturated heterocycles. The Balaban J connectivity index is 1.28. The smallest absolute Gasteiger partial charge is 0.407 e. The molecule has 2 aliphatic heterocycles. The van der Waals surface area contributed by atoms with E-state index in [9.17, 15) is 4.79 Å². The van der Waals surface area contributed by atoms with E-state index in [-0.39, 0.29) is 0 Å². The molecule has 6 heteroatoms. The van der Waals surface area contributed by atoms with Crippen LogP contribution in [0.2, 0.25) is 0 Å². The lowest BCUT2D eigenvalue weighted by atomic mass is 9.64. The first-order valence-electron chi connectivity index (χ1n) is 9.34. The zero-order chi connectivity index (χ0) is 16.7. The second-order valence-electron chi connectivity index (χ2n) is 7.90. The van der Waals surface area contributed by atoms with Gasteiger partial charge in [-0.15, -0.1) is 0 Å². The Morgan fingerprint density at radius 1 is 1.33 bits per heavy atom. The monoisotopic (exact) mass is 332 g/mol. The number of carboxylic acid groups (broad SMARTS) is 1. The molecule has 0 atom stereocenters. The Kier molecular flexibility index (Phi) is 4.03. The molecule has 1 spiro atoms. The van der Waals surface area contributed by atoms with Gasteiger partial charge in [0.2, 0.25) is 0 Å². The van der Waals surface area contributed by atoms with Crippen LogP contribution in [-0.4, -0.2) is 63.0 Å². The number of hydrogen-bond acceptors (Lipinski definition) is 3. The van der Waals surface area contributed by atoms with Gasteiger partial charge in [-0.3, -0.25) is 4.68 Å². The molecule has 3 fully saturated rings. The van der Waals surface area contributed by atoms with E-state index in [4.69, 9.17) is 5.11 Å². The lowest BCUT2D eigenvalue weighted by Crippen LogP contribution is -2.54. The molecule has 0 aromatic carbocycles. The minimum absolute atomic E-state index is 0.292. The number of nitrogens with zero attached hydrogens (tertiary/aromatic N) is 4. The first-order chi connectivity index (χ1) is 11.6. The van der Waals surface area contributed by atoms with E-state index in [0.717, 1.165) is 26.1 Å². The van der Waals surface area contributed by atoms with Crippen LogP contribution in [0, 0.1) is 5.41 Å². The van der Waals surface area contributed by atoms with E-state index in [2.05, 4.69) is 27.7 Å². The van der Waals surface area contributed by atoms with Gasteiger partial charge >= 0.3 is 6.09 Å². The van der Waals surface area contributed by atoms with Gasteiger partial charge in [-0.05, 0) is 63.6 Å². The van der Waals surface area contributed by atoms with Gasteiger partial charge in [0.1, 0.15) is 0 Å². The highest BCUT2D eigenvalue weighted by atomic mass is 16.4. The van der Waals surface area contributed by atoms with Gasteiger partial charge in [0.05, 0.1) is 0 Å². The van der Waals surface area contributed by atoms with Gasteiger partial charge in [0.25, 0.3) is 0 Å². The van der Waals surface area contributed by atoms with E-state index < -0.39 is 6.09 Å². The van der Waals surface area contributed by atoms with E-state index in [1.54, 1.807) is 4.90 Å². The number of hydrogen-bond donors (Lipinski definition) is 1. The summed E-state index contributed by atoms with van der Waals surface area (Å²) in [6.07, 6.45) is 7.05. The van der Waals surface area contributed by atoms with Crippen molar-refractivity contribution >= 4 is 6.09 Å². The highest BCUT2D eigenvalue weighted by Gasteiger charge is 2.51. The van der Waals surface area contributed by atoms with Gasteiger partial charge in [0.15, 0.2) is 0 Å². The average Bonchev–Trinajstić information content (AvgIpc) is 3.20. The van der Waals surface area contributed by atoms with Crippen LogP contribution in [0.4, 0.5) is 4.79 Å². The lowest BCUT2D eigenvalue weighted by molar-refractivity contribution is -0.00419. The normalized spacial score (nSPS) is 31.5. The molecule has 1 saturated carbocycles. The van der Waals surface area contributed by atoms with Crippen molar-refractivity contribution in [1.29, 1.82) is 0 Å². The van der Waals surface area contributed by atoms with Crippen LogP contribution in [-0.2, 0) is 6.54 Å². The molecule has 1 aromatic rings.